The van der Waals surface area contributed by atoms with Crippen molar-refractivity contribution in [2.24, 2.45) is 0 Å². The highest BCUT2D eigenvalue weighted by Gasteiger charge is 2.09. The Balaban J connectivity index is 1.54. The lowest BCUT2D eigenvalue weighted by molar-refractivity contribution is 0.0939. The number of hydrogen-bond acceptors (Lipinski definition) is 2. The van der Waals surface area contributed by atoms with Crippen LogP contribution < -0.4 is 10.6 Å². The van der Waals surface area contributed by atoms with E-state index in [1.165, 1.54) is 5.56 Å². The fraction of sp³-hybridized carbons (Fsp3) is 0.130. The molecule has 142 valence electrons. The van der Waals surface area contributed by atoms with Gasteiger partial charge in [-0.25, -0.2) is 0 Å². The zero-order chi connectivity index (χ0) is 19.9. The standard InChI is InChI=1S/C23H21ClN2O2/c1-16-6-8-17(9-7-16)14-25-22(27)18-10-12-19(13-11-18)23(28)26-15-20-4-2-3-5-21(20)24/h2-13H,14-15H2,1H3,(H,25,27)(H,26,28). The van der Waals surface area contributed by atoms with Crippen molar-refractivity contribution in [1.29, 1.82) is 0 Å². The van der Waals surface area contributed by atoms with Crippen LogP contribution in [0.15, 0.2) is 72.8 Å². The normalized spacial score (nSPS) is 10.4. The second-order valence-corrected chi connectivity index (χ2v) is 6.93. The monoisotopic (exact) mass is 392 g/mol. The Morgan fingerprint density at radius 3 is 1.86 bits per heavy atom. The smallest absolute Gasteiger partial charge is 0.251 e. The number of carbonyl (C=O) groups excluding carboxylic acids is 2. The van der Waals surface area contributed by atoms with Crippen LogP contribution in [-0.4, -0.2) is 11.8 Å². The molecule has 0 spiro atoms. The van der Waals surface area contributed by atoms with E-state index in [4.69, 9.17) is 11.6 Å². The summed E-state index contributed by atoms with van der Waals surface area (Å²) in [6.45, 7) is 2.82. The lowest BCUT2D eigenvalue weighted by Crippen LogP contribution is -2.24. The van der Waals surface area contributed by atoms with Crippen molar-refractivity contribution < 1.29 is 9.59 Å². The van der Waals surface area contributed by atoms with Crippen LogP contribution in [-0.2, 0) is 13.1 Å². The fourth-order valence-electron chi connectivity index (χ4n) is 2.68. The van der Waals surface area contributed by atoms with Gasteiger partial charge in [0, 0.05) is 29.2 Å². The van der Waals surface area contributed by atoms with Crippen molar-refractivity contribution in [1.82, 2.24) is 10.6 Å². The molecule has 3 rings (SSSR count). The average Bonchev–Trinajstić information content (AvgIpc) is 2.72. The van der Waals surface area contributed by atoms with E-state index in [0.717, 1.165) is 11.1 Å². The van der Waals surface area contributed by atoms with Crippen LogP contribution in [0.5, 0.6) is 0 Å². The summed E-state index contributed by atoms with van der Waals surface area (Å²) in [7, 11) is 0. The number of amides is 2. The van der Waals surface area contributed by atoms with Crippen molar-refractivity contribution >= 4 is 23.4 Å². The highest BCUT2D eigenvalue weighted by molar-refractivity contribution is 6.31. The van der Waals surface area contributed by atoms with Crippen molar-refractivity contribution in [2.75, 3.05) is 0 Å². The maximum absolute atomic E-state index is 12.3. The van der Waals surface area contributed by atoms with Crippen LogP contribution in [0.25, 0.3) is 0 Å². The third-order valence-corrected chi connectivity index (χ3v) is 4.75. The van der Waals surface area contributed by atoms with Gasteiger partial charge in [0.1, 0.15) is 0 Å². The Morgan fingerprint density at radius 1 is 0.750 bits per heavy atom. The lowest BCUT2D eigenvalue weighted by atomic mass is 10.1. The second-order valence-electron chi connectivity index (χ2n) is 6.52. The summed E-state index contributed by atoms with van der Waals surface area (Å²) in [5.74, 6) is -0.393. The number of halogens is 1. The first-order valence-electron chi connectivity index (χ1n) is 8.98. The molecule has 0 aliphatic carbocycles. The van der Waals surface area contributed by atoms with Gasteiger partial charge in [0.05, 0.1) is 0 Å². The zero-order valence-electron chi connectivity index (χ0n) is 15.5. The predicted octanol–water partition coefficient (Wildman–Crippen LogP) is 4.51. The summed E-state index contributed by atoms with van der Waals surface area (Å²) in [6, 6.07) is 21.9. The van der Waals surface area contributed by atoms with Crippen molar-refractivity contribution in [3.63, 3.8) is 0 Å². The Bertz CT molecular complexity index is 967. The van der Waals surface area contributed by atoms with Crippen LogP contribution in [0.3, 0.4) is 0 Å². The van der Waals surface area contributed by atoms with Crippen LogP contribution in [0, 0.1) is 6.92 Å². The molecule has 5 heteroatoms. The van der Waals surface area contributed by atoms with E-state index in [2.05, 4.69) is 10.6 Å². The van der Waals surface area contributed by atoms with Crippen LogP contribution in [0.2, 0.25) is 5.02 Å². The highest BCUT2D eigenvalue weighted by atomic mass is 35.5. The molecule has 0 bridgehead atoms. The van der Waals surface area contributed by atoms with Crippen LogP contribution >= 0.6 is 11.6 Å². The minimum absolute atomic E-state index is 0.177. The number of carbonyl (C=O) groups is 2. The Kier molecular flexibility index (Phi) is 6.45. The van der Waals surface area contributed by atoms with Gasteiger partial charge < -0.3 is 10.6 Å². The molecule has 0 saturated heterocycles. The molecular weight excluding hydrogens is 372 g/mol. The summed E-state index contributed by atoms with van der Waals surface area (Å²) in [5, 5.41) is 6.33. The van der Waals surface area contributed by atoms with Gasteiger partial charge >= 0.3 is 0 Å². The van der Waals surface area contributed by atoms with E-state index in [1.54, 1.807) is 30.3 Å². The molecule has 0 unspecified atom stereocenters. The van der Waals surface area contributed by atoms with E-state index in [0.29, 0.717) is 29.2 Å². The van der Waals surface area contributed by atoms with Gasteiger partial charge in [0.15, 0.2) is 0 Å². The van der Waals surface area contributed by atoms with Crippen LogP contribution in [0.1, 0.15) is 37.4 Å². The molecule has 0 aromatic heterocycles. The molecule has 28 heavy (non-hydrogen) atoms. The highest BCUT2D eigenvalue weighted by Crippen LogP contribution is 2.14. The fourth-order valence-corrected chi connectivity index (χ4v) is 2.89. The molecule has 0 aliphatic heterocycles. The maximum atomic E-state index is 12.3. The predicted molar refractivity (Wildman–Crippen MR) is 111 cm³/mol. The molecule has 3 aromatic carbocycles. The largest absolute Gasteiger partial charge is 0.348 e. The third kappa shape index (κ3) is 5.21. The third-order valence-electron chi connectivity index (χ3n) is 4.38. The molecule has 2 N–H and O–H groups in total. The van der Waals surface area contributed by atoms with Crippen molar-refractivity contribution in [3.05, 3.63) is 106 Å². The maximum Gasteiger partial charge on any atom is 0.251 e. The number of rotatable bonds is 6. The summed E-state index contributed by atoms with van der Waals surface area (Å²) < 4.78 is 0. The topological polar surface area (TPSA) is 58.2 Å². The molecule has 3 aromatic rings. The average molecular weight is 393 g/mol. The molecule has 0 fully saturated rings. The quantitative estimate of drug-likeness (QED) is 0.648. The molecular formula is C23H21ClN2O2. The van der Waals surface area contributed by atoms with E-state index in [9.17, 15) is 9.59 Å². The Hall–Kier alpha value is -3.11. The van der Waals surface area contributed by atoms with Crippen molar-refractivity contribution in [3.8, 4) is 0 Å². The summed E-state index contributed by atoms with van der Waals surface area (Å²) in [4.78, 5) is 24.6. The number of aryl methyl sites for hydroxylation is 1. The summed E-state index contributed by atoms with van der Waals surface area (Å²) in [5.41, 5.74) is 4.06. The number of nitrogens with one attached hydrogen (secondary N) is 2. The minimum atomic E-state index is -0.216. The van der Waals surface area contributed by atoms with Gasteiger partial charge in [-0.1, -0.05) is 59.6 Å². The molecule has 4 nitrogen and oxygen atoms in total. The SMILES string of the molecule is Cc1ccc(CNC(=O)c2ccc(C(=O)NCc3ccccc3Cl)cc2)cc1. The van der Waals surface area contributed by atoms with Gasteiger partial charge in [0.25, 0.3) is 11.8 Å². The number of hydrogen-bond donors (Lipinski definition) is 2. The first-order valence-corrected chi connectivity index (χ1v) is 9.36. The minimum Gasteiger partial charge on any atom is -0.348 e. The van der Waals surface area contributed by atoms with Gasteiger partial charge in [0.2, 0.25) is 0 Å². The molecule has 0 aliphatic rings. The van der Waals surface area contributed by atoms with Crippen molar-refractivity contribution in [2.45, 2.75) is 20.0 Å². The zero-order valence-corrected chi connectivity index (χ0v) is 16.3. The number of benzene rings is 3. The molecule has 0 radical (unpaired) electrons. The van der Waals surface area contributed by atoms with Gasteiger partial charge in [-0.3, -0.25) is 9.59 Å². The van der Waals surface area contributed by atoms with Gasteiger partial charge in [-0.15, -0.1) is 0 Å². The first-order chi connectivity index (χ1) is 13.5. The first kappa shape index (κ1) is 19.6. The molecule has 0 atom stereocenters. The second kappa shape index (κ2) is 9.20. The van der Waals surface area contributed by atoms with Gasteiger partial charge in [-0.05, 0) is 48.4 Å². The van der Waals surface area contributed by atoms with E-state index in [1.807, 2.05) is 49.4 Å². The molecule has 0 heterocycles. The van der Waals surface area contributed by atoms with Gasteiger partial charge in [-0.2, -0.15) is 0 Å². The molecule has 0 saturated carbocycles. The summed E-state index contributed by atoms with van der Waals surface area (Å²) >= 11 is 6.10. The lowest BCUT2D eigenvalue weighted by Gasteiger charge is -2.08. The Labute approximate surface area is 169 Å². The Morgan fingerprint density at radius 2 is 1.29 bits per heavy atom. The van der Waals surface area contributed by atoms with E-state index < -0.39 is 0 Å². The van der Waals surface area contributed by atoms with E-state index >= 15 is 0 Å². The van der Waals surface area contributed by atoms with Crippen LogP contribution in [0.4, 0.5) is 0 Å². The molecule has 2 amide bonds. The summed E-state index contributed by atoms with van der Waals surface area (Å²) in [6.07, 6.45) is 0. The van der Waals surface area contributed by atoms with E-state index in [-0.39, 0.29) is 11.8 Å².